The van der Waals surface area contributed by atoms with Crippen molar-refractivity contribution < 1.29 is 8.42 Å². The average molecular weight is 283 g/mol. The van der Waals surface area contributed by atoms with Gasteiger partial charge in [0.1, 0.15) is 4.90 Å². The van der Waals surface area contributed by atoms with E-state index in [1.54, 1.807) is 0 Å². The van der Waals surface area contributed by atoms with Crippen LogP contribution in [0.4, 0.5) is 5.95 Å². The van der Waals surface area contributed by atoms with Gasteiger partial charge in [-0.15, -0.1) is 0 Å². The van der Waals surface area contributed by atoms with E-state index in [1.165, 1.54) is 16.7 Å². The Morgan fingerprint density at radius 1 is 1.21 bits per heavy atom. The van der Waals surface area contributed by atoms with Crippen LogP contribution in [0.3, 0.4) is 0 Å². The summed E-state index contributed by atoms with van der Waals surface area (Å²) in [4.78, 5) is 10.00. The van der Waals surface area contributed by atoms with Gasteiger partial charge in [-0.25, -0.2) is 18.4 Å². The van der Waals surface area contributed by atoms with Crippen LogP contribution >= 0.6 is 0 Å². The molecule has 1 atom stereocenters. The van der Waals surface area contributed by atoms with E-state index >= 15 is 0 Å². The number of aromatic nitrogens is 2. The Hall–Kier alpha value is -1.25. The van der Waals surface area contributed by atoms with Crippen molar-refractivity contribution in [3.63, 3.8) is 0 Å². The monoisotopic (exact) mass is 283 g/mol. The van der Waals surface area contributed by atoms with E-state index in [2.05, 4.69) is 14.9 Å². The molecule has 1 aromatic rings. The fourth-order valence-corrected chi connectivity index (χ4v) is 4.15. The van der Waals surface area contributed by atoms with E-state index in [1.807, 2.05) is 0 Å². The van der Waals surface area contributed by atoms with Crippen LogP contribution in [0.1, 0.15) is 12.8 Å². The highest BCUT2D eigenvalue weighted by atomic mass is 32.2. The lowest BCUT2D eigenvalue weighted by Crippen LogP contribution is -2.51. The number of piperazine rings is 1. The molecule has 7 nitrogen and oxygen atoms in total. The lowest BCUT2D eigenvalue weighted by atomic mass is 10.2. The van der Waals surface area contributed by atoms with Crippen molar-refractivity contribution in [2.75, 3.05) is 31.9 Å². The Morgan fingerprint density at radius 3 is 2.68 bits per heavy atom. The Labute approximate surface area is 112 Å². The van der Waals surface area contributed by atoms with Gasteiger partial charge in [-0.05, 0) is 19.4 Å². The van der Waals surface area contributed by atoms with Crippen molar-refractivity contribution in [3.8, 4) is 0 Å². The average Bonchev–Trinajstić information content (AvgIpc) is 2.86. The molecule has 1 aromatic heterocycles. The van der Waals surface area contributed by atoms with Crippen LogP contribution in [0, 0.1) is 0 Å². The predicted octanol–water partition coefficient (Wildman–Crippen LogP) is -0.472. The molecular formula is C11H17N5O2S. The first kappa shape index (κ1) is 12.8. The summed E-state index contributed by atoms with van der Waals surface area (Å²) in [6, 6.07) is 0.359. The molecular weight excluding hydrogens is 266 g/mol. The molecule has 2 aliphatic rings. The number of nitrogens with zero attached hydrogens (tertiary/aromatic N) is 4. The van der Waals surface area contributed by atoms with Crippen molar-refractivity contribution in [1.29, 1.82) is 0 Å². The maximum Gasteiger partial charge on any atom is 0.246 e. The molecule has 0 aliphatic carbocycles. The Balaban J connectivity index is 1.82. The van der Waals surface area contributed by atoms with Gasteiger partial charge in [-0.2, -0.15) is 4.31 Å². The lowest BCUT2D eigenvalue weighted by Gasteiger charge is -2.36. The van der Waals surface area contributed by atoms with Crippen LogP contribution < -0.4 is 5.73 Å². The molecule has 0 radical (unpaired) electrons. The fraction of sp³-hybridized carbons (Fsp3) is 0.636. The number of anilines is 1. The van der Waals surface area contributed by atoms with Crippen molar-refractivity contribution >= 4 is 16.0 Å². The van der Waals surface area contributed by atoms with Gasteiger partial charge >= 0.3 is 0 Å². The zero-order valence-electron chi connectivity index (χ0n) is 10.6. The number of nitrogens with two attached hydrogens (primary N) is 1. The first-order chi connectivity index (χ1) is 9.07. The number of rotatable bonds is 2. The third kappa shape index (κ3) is 2.31. The molecule has 8 heteroatoms. The molecule has 0 saturated carbocycles. The third-order valence-corrected chi connectivity index (χ3v) is 5.65. The highest BCUT2D eigenvalue weighted by molar-refractivity contribution is 7.89. The largest absolute Gasteiger partial charge is 0.368 e. The molecule has 2 saturated heterocycles. The van der Waals surface area contributed by atoms with E-state index in [4.69, 9.17) is 5.73 Å². The number of sulfonamides is 1. The van der Waals surface area contributed by atoms with Gasteiger partial charge < -0.3 is 5.73 Å². The molecule has 0 aromatic carbocycles. The molecule has 3 rings (SSSR count). The topological polar surface area (TPSA) is 92.4 Å². The van der Waals surface area contributed by atoms with E-state index in [-0.39, 0.29) is 10.8 Å². The van der Waals surface area contributed by atoms with Crippen molar-refractivity contribution in [3.05, 3.63) is 12.4 Å². The van der Waals surface area contributed by atoms with Gasteiger partial charge in [-0.1, -0.05) is 0 Å². The highest BCUT2D eigenvalue weighted by Gasteiger charge is 2.36. The lowest BCUT2D eigenvalue weighted by molar-refractivity contribution is 0.158. The molecule has 19 heavy (non-hydrogen) atoms. The minimum Gasteiger partial charge on any atom is -0.368 e. The second kappa shape index (κ2) is 4.69. The number of nitrogen functional groups attached to an aromatic ring is 1. The van der Waals surface area contributed by atoms with Gasteiger partial charge in [0.2, 0.25) is 16.0 Å². The summed E-state index contributed by atoms with van der Waals surface area (Å²) >= 11 is 0. The molecule has 2 N–H and O–H groups in total. The summed E-state index contributed by atoms with van der Waals surface area (Å²) in [7, 11) is -3.49. The van der Waals surface area contributed by atoms with Crippen LogP contribution in [-0.2, 0) is 10.0 Å². The number of hydrogen-bond acceptors (Lipinski definition) is 6. The number of fused-ring (bicyclic) bond motifs is 1. The van der Waals surface area contributed by atoms with E-state index in [9.17, 15) is 8.42 Å². The molecule has 0 spiro atoms. The summed E-state index contributed by atoms with van der Waals surface area (Å²) in [6.45, 7) is 2.99. The Kier molecular flexibility index (Phi) is 3.15. The minimum absolute atomic E-state index is 0.0829. The molecule has 2 fully saturated rings. The summed E-state index contributed by atoms with van der Waals surface area (Å²) in [5, 5.41) is 0. The maximum atomic E-state index is 12.5. The molecule has 3 heterocycles. The Bertz CT molecular complexity index is 559. The van der Waals surface area contributed by atoms with Crippen molar-refractivity contribution in [2.24, 2.45) is 0 Å². The molecule has 1 unspecified atom stereocenters. The van der Waals surface area contributed by atoms with Crippen LogP contribution in [-0.4, -0.2) is 59.8 Å². The van der Waals surface area contributed by atoms with E-state index < -0.39 is 10.0 Å². The Morgan fingerprint density at radius 2 is 1.95 bits per heavy atom. The van der Waals surface area contributed by atoms with Gasteiger partial charge in [0.15, 0.2) is 0 Å². The SMILES string of the molecule is Nc1ncc(S(=O)(=O)N2CCN3CCCC3C2)cn1. The summed E-state index contributed by atoms with van der Waals surface area (Å²) in [5.41, 5.74) is 5.38. The van der Waals surface area contributed by atoms with E-state index in [0.717, 1.165) is 25.9 Å². The van der Waals surface area contributed by atoms with Crippen LogP contribution in [0.5, 0.6) is 0 Å². The first-order valence-electron chi connectivity index (χ1n) is 6.39. The molecule has 104 valence electrons. The maximum absolute atomic E-state index is 12.5. The van der Waals surface area contributed by atoms with Gasteiger partial charge in [0.25, 0.3) is 0 Å². The van der Waals surface area contributed by atoms with Crippen LogP contribution in [0.15, 0.2) is 17.3 Å². The first-order valence-corrected chi connectivity index (χ1v) is 7.83. The van der Waals surface area contributed by atoms with Crippen LogP contribution in [0.2, 0.25) is 0 Å². The van der Waals surface area contributed by atoms with Crippen molar-refractivity contribution in [1.82, 2.24) is 19.2 Å². The highest BCUT2D eigenvalue weighted by Crippen LogP contribution is 2.25. The predicted molar refractivity (Wildman–Crippen MR) is 69.8 cm³/mol. The smallest absolute Gasteiger partial charge is 0.246 e. The van der Waals surface area contributed by atoms with Crippen molar-refractivity contribution in [2.45, 2.75) is 23.8 Å². The summed E-state index contributed by atoms with van der Waals surface area (Å²) in [5.74, 6) is 0.0829. The van der Waals surface area contributed by atoms with Gasteiger partial charge in [-0.3, -0.25) is 4.90 Å². The minimum atomic E-state index is -3.49. The molecule has 0 amide bonds. The second-order valence-corrected chi connectivity index (χ2v) is 6.91. The summed E-state index contributed by atoms with van der Waals surface area (Å²) < 4.78 is 26.5. The van der Waals surface area contributed by atoms with Crippen LogP contribution in [0.25, 0.3) is 0 Å². The normalized spacial score (nSPS) is 25.4. The standard InChI is InChI=1S/C11H17N5O2S/c12-11-13-6-10(7-14-11)19(17,18)16-5-4-15-3-1-2-9(15)8-16/h6-7,9H,1-5,8H2,(H2,12,13,14). The summed E-state index contributed by atoms with van der Waals surface area (Å²) in [6.07, 6.45) is 4.78. The fourth-order valence-electron chi connectivity index (χ4n) is 2.79. The zero-order chi connectivity index (χ0) is 13.5. The second-order valence-electron chi connectivity index (χ2n) is 4.97. The zero-order valence-corrected chi connectivity index (χ0v) is 11.4. The van der Waals surface area contributed by atoms with E-state index in [0.29, 0.717) is 19.1 Å². The molecule has 0 bridgehead atoms. The quantitative estimate of drug-likeness (QED) is 0.788. The van der Waals surface area contributed by atoms with Gasteiger partial charge in [0.05, 0.1) is 12.4 Å². The molecule has 2 aliphatic heterocycles. The third-order valence-electron chi connectivity index (χ3n) is 3.84. The van der Waals surface area contributed by atoms with Gasteiger partial charge in [0, 0.05) is 25.7 Å². The number of hydrogen-bond donors (Lipinski definition) is 1.